The van der Waals surface area contributed by atoms with E-state index in [1.54, 1.807) is 12.1 Å². The van der Waals surface area contributed by atoms with Gasteiger partial charge in [-0.1, -0.05) is 25.4 Å². The van der Waals surface area contributed by atoms with Gasteiger partial charge in [0.1, 0.15) is 0 Å². The van der Waals surface area contributed by atoms with Crippen LogP contribution in [0.25, 0.3) is 0 Å². The monoisotopic (exact) mass is 347 g/mol. The van der Waals surface area contributed by atoms with Crippen molar-refractivity contribution in [3.63, 3.8) is 0 Å². The molecule has 0 saturated carbocycles. The fourth-order valence-electron chi connectivity index (χ4n) is 2.18. The first-order chi connectivity index (χ1) is 8.47. The van der Waals surface area contributed by atoms with Gasteiger partial charge in [0.05, 0.1) is 5.56 Å². The molecule has 0 bridgehead atoms. The summed E-state index contributed by atoms with van der Waals surface area (Å²) in [6.45, 7) is 5.92. The van der Waals surface area contributed by atoms with Crippen molar-refractivity contribution in [1.29, 1.82) is 0 Å². The van der Waals surface area contributed by atoms with Crippen molar-refractivity contribution in [3.8, 4) is 0 Å². The van der Waals surface area contributed by atoms with E-state index in [0.717, 1.165) is 17.6 Å². The van der Waals surface area contributed by atoms with Gasteiger partial charge in [0.15, 0.2) is 0 Å². The number of carbonyl (C=O) groups is 1. The fourth-order valence-corrected chi connectivity index (χ4v) is 4.09. The first-order valence-corrected chi connectivity index (χ1v) is 7.98. The Morgan fingerprint density at radius 3 is 2.61 bits per heavy atom. The molecule has 1 heterocycles. The molecule has 1 aromatic carbocycles. The van der Waals surface area contributed by atoms with Crippen molar-refractivity contribution in [3.05, 3.63) is 33.3 Å². The molecule has 0 N–H and O–H groups in total. The molecule has 98 valence electrons. The molecule has 2 nitrogen and oxygen atoms in total. The summed E-state index contributed by atoms with van der Waals surface area (Å²) in [5, 5.41) is 1.56. The first kappa shape index (κ1) is 14.2. The van der Waals surface area contributed by atoms with Gasteiger partial charge in [-0.15, -0.1) is 0 Å². The van der Waals surface area contributed by atoms with E-state index in [-0.39, 0.29) is 5.91 Å². The Morgan fingerprint density at radius 1 is 1.39 bits per heavy atom. The number of hydrogen-bond donors (Lipinski definition) is 0. The average molecular weight is 349 g/mol. The number of nitrogens with zero attached hydrogens (tertiary/aromatic N) is 1. The third-order valence-electron chi connectivity index (χ3n) is 2.87. The van der Waals surface area contributed by atoms with E-state index in [4.69, 9.17) is 11.6 Å². The van der Waals surface area contributed by atoms with E-state index in [2.05, 4.69) is 29.8 Å². The van der Waals surface area contributed by atoms with Crippen molar-refractivity contribution >= 4 is 45.2 Å². The second-order valence-electron chi connectivity index (χ2n) is 4.59. The molecule has 2 atom stereocenters. The van der Waals surface area contributed by atoms with Gasteiger partial charge < -0.3 is 4.90 Å². The zero-order valence-corrected chi connectivity index (χ0v) is 13.5. The molecule has 1 saturated heterocycles. The molecular formula is C13H15BrClNOS. The molecule has 1 amide bonds. The van der Waals surface area contributed by atoms with E-state index >= 15 is 0 Å². The summed E-state index contributed by atoms with van der Waals surface area (Å²) in [5.41, 5.74) is 0.647. The molecule has 18 heavy (non-hydrogen) atoms. The van der Waals surface area contributed by atoms with E-state index < -0.39 is 0 Å². The lowest BCUT2D eigenvalue weighted by molar-refractivity contribution is 0.0752. The van der Waals surface area contributed by atoms with Crippen LogP contribution >= 0.6 is 39.3 Å². The van der Waals surface area contributed by atoms with E-state index in [0.29, 0.717) is 21.1 Å². The Labute approximate surface area is 125 Å². The van der Waals surface area contributed by atoms with Crippen molar-refractivity contribution < 1.29 is 4.79 Å². The van der Waals surface area contributed by atoms with Crippen molar-refractivity contribution in [2.75, 3.05) is 13.1 Å². The van der Waals surface area contributed by atoms with Gasteiger partial charge in [-0.2, -0.15) is 11.8 Å². The predicted octanol–water partition coefficient (Wildman–Crippen LogP) is 4.07. The fraction of sp³-hybridized carbons (Fsp3) is 0.462. The Morgan fingerprint density at radius 2 is 2.00 bits per heavy atom. The van der Waals surface area contributed by atoms with Crippen LogP contribution in [-0.4, -0.2) is 34.4 Å². The molecular weight excluding hydrogens is 334 g/mol. The Balaban J connectivity index is 2.22. The summed E-state index contributed by atoms with van der Waals surface area (Å²) in [6, 6.07) is 5.33. The van der Waals surface area contributed by atoms with E-state index in [1.165, 1.54) is 0 Å². The van der Waals surface area contributed by atoms with Crippen LogP contribution < -0.4 is 0 Å². The molecule has 0 spiro atoms. The molecule has 1 aromatic rings. The number of thioether (sulfide) groups is 1. The summed E-state index contributed by atoms with van der Waals surface area (Å²) in [4.78, 5) is 14.4. The first-order valence-electron chi connectivity index (χ1n) is 5.87. The van der Waals surface area contributed by atoms with Crippen molar-refractivity contribution in [2.24, 2.45) is 0 Å². The third kappa shape index (κ3) is 3.22. The standard InChI is InChI=1S/C13H15BrClNOS/c1-8-6-16(7-9(2)18-8)13(17)11-5-10(15)3-4-12(11)14/h3-5,8-9H,6-7H2,1-2H3. The minimum atomic E-state index is 0.0587. The zero-order chi connectivity index (χ0) is 13.3. The lowest BCUT2D eigenvalue weighted by Gasteiger charge is -2.34. The van der Waals surface area contributed by atoms with E-state index in [9.17, 15) is 4.79 Å². The van der Waals surface area contributed by atoms with Crippen LogP contribution in [0.3, 0.4) is 0 Å². The van der Waals surface area contributed by atoms with Crippen LogP contribution in [0.2, 0.25) is 5.02 Å². The smallest absolute Gasteiger partial charge is 0.255 e. The number of carbonyl (C=O) groups excluding carboxylic acids is 1. The lowest BCUT2D eigenvalue weighted by Crippen LogP contribution is -2.44. The average Bonchev–Trinajstić information content (AvgIpc) is 2.30. The molecule has 0 aromatic heterocycles. The molecule has 1 fully saturated rings. The number of benzene rings is 1. The third-order valence-corrected chi connectivity index (χ3v) is 5.02. The highest BCUT2D eigenvalue weighted by Crippen LogP contribution is 2.28. The molecule has 2 unspecified atom stereocenters. The highest BCUT2D eigenvalue weighted by molar-refractivity contribution is 9.10. The summed E-state index contributed by atoms with van der Waals surface area (Å²) < 4.78 is 0.801. The minimum absolute atomic E-state index is 0.0587. The Hall–Kier alpha value is -0.190. The maximum Gasteiger partial charge on any atom is 0.255 e. The Bertz CT molecular complexity index is 458. The Kier molecular flexibility index (Phi) is 4.62. The van der Waals surface area contributed by atoms with Crippen molar-refractivity contribution in [1.82, 2.24) is 4.90 Å². The summed E-state index contributed by atoms with van der Waals surface area (Å²) in [7, 11) is 0. The summed E-state index contributed by atoms with van der Waals surface area (Å²) in [6.07, 6.45) is 0. The topological polar surface area (TPSA) is 20.3 Å². The maximum atomic E-state index is 12.5. The van der Waals surface area contributed by atoms with Gasteiger partial charge in [-0.05, 0) is 34.1 Å². The number of hydrogen-bond acceptors (Lipinski definition) is 2. The highest BCUT2D eigenvalue weighted by atomic mass is 79.9. The second-order valence-corrected chi connectivity index (χ2v) is 7.76. The van der Waals surface area contributed by atoms with E-state index in [1.807, 2.05) is 22.7 Å². The normalized spacial score (nSPS) is 24.1. The molecule has 0 aliphatic carbocycles. The van der Waals surface area contributed by atoms with Gasteiger partial charge in [0.2, 0.25) is 0 Å². The van der Waals surface area contributed by atoms with Crippen LogP contribution in [0, 0.1) is 0 Å². The quantitative estimate of drug-likeness (QED) is 0.762. The zero-order valence-electron chi connectivity index (χ0n) is 10.3. The predicted molar refractivity (Wildman–Crippen MR) is 81.6 cm³/mol. The summed E-state index contributed by atoms with van der Waals surface area (Å²) >= 11 is 11.3. The van der Waals surface area contributed by atoms with Crippen molar-refractivity contribution in [2.45, 2.75) is 24.3 Å². The van der Waals surface area contributed by atoms with Gasteiger partial charge in [-0.25, -0.2) is 0 Å². The molecule has 5 heteroatoms. The van der Waals surface area contributed by atoms with Gasteiger partial charge in [-0.3, -0.25) is 4.79 Å². The number of amides is 1. The largest absolute Gasteiger partial charge is 0.336 e. The van der Waals surface area contributed by atoms with Crippen LogP contribution in [-0.2, 0) is 0 Å². The minimum Gasteiger partial charge on any atom is -0.336 e. The van der Waals surface area contributed by atoms with Crippen LogP contribution in [0.5, 0.6) is 0 Å². The number of rotatable bonds is 1. The van der Waals surface area contributed by atoms with Gasteiger partial charge in [0.25, 0.3) is 5.91 Å². The van der Waals surface area contributed by atoms with Gasteiger partial charge in [0, 0.05) is 33.1 Å². The van der Waals surface area contributed by atoms with Crippen LogP contribution in [0.4, 0.5) is 0 Å². The van der Waals surface area contributed by atoms with Gasteiger partial charge >= 0.3 is 0 Å². The molecule has 2 rings (SSSR count). The molecule has 0 radical (unpaired) electrons. The SMILES string of the molecule is CC1CN(C(=O)c2cc(Cl)ccc2Br)CC(C)S1. The van der Waals surface area contributed by atoms with Crippen LogP contribution in [0.15, 0.2) is 22.7 Å². The summed E-state index contributed by atoms with van der Waals surface area (Å²) in [5.74, 6) is 0.0587. The second kappa shape index (κ2) is 5.85. The number of halogens is 2. The molecule has 1 aliphatic rings. The molecule has 1 aliphatic heterocycles. The van der Waals surface area contributed by atoms with Crippen LogP contribution in [0.1, 0.15) is 24.2 Å². The highest BCUT2D eigenvalue weighted by Gasteiger charge is 2.27. The lowest BCUT2D eigenvalue weighted by atomic mass is 10.2. The maximum absolute atomic E-state index is 12.5.